The molecule has 2 heterocycles. The minimum absolute atomic E-state index is 0.00841. The van der Waals surface area contributed by atoms with Gasteiger partial charge in [0.2, 0.25) is 5.91 Å². The van der Waals surface area contributed by atoms with Crippen LogP contribution in [0.15, 0.2) is 34.0 Å². The van der Waals surface area contributed by atoms with Gasteiger partial charge in [-0.3, -0.25) is 4.79 Å². The van der Waals surface area contributed by atoms with E-state index >= 15 is 0 Å². The van der Waals surface area contributed by atoms with Crippen LogP contribution in [0.1, 0.15) is 26.5 Å². The number of likely N-dealkylation sites (N-methyl/N-ethyl adjacent to an activating group) is 1. The van der Waals surface area contributed by atoms with E-state index in [0.717, 1.165) is 47.6 Å². The average Bonchev–Trinajstić information content (AvgIpc) is 3.11. The molecule has 5 nitrogen and oxygen atoms in total. The maximum Gasteiger partial charge on any atom is 0.234 e. The van der Waals surface area contributed by atoms with E-state index in [1.165, 1.54) is 11.8 Å². The summed E-state index contributed by atoms with van der Waals surface area (Å²) in [5.41, 5.74) is 3.12. The molecule has 0 radical (unpaired) electrons. The van der Waals surface area contributed by atoms with Crippen LogP contribution in [0.4, 0.5) is 11.4 Å². The quantitative estimate of drug-likeness (QED) is 0.766. The van der Waals surface area contributed by atoms with E-state index in [1.807, 2.05) is 18.2 Å². The number of amides is 1. The molecule has 0 bridgehead atoms. The molecule has 1 amide bonds. The van der Waals surface area contributed by atoms with Crippen molar-refractivity contribution in [1.82, 2.24) is 9.88 Å². The number of thiazole rings is 1. The van der Waals surface area contributed by atoms with E-state index in [1.54, 1.807) is 11.3 Å². The fourth-order valence-electron chi connectivity index (χ4n) is 2.88. The third kappa shape index (κ3) is 5.46. The highest BCUT2D eigenvalue weighted by Crippen LogP contribution is 2.30. The van der Waals surface area contributed by atoms with Crippen LogP contribution in [0, 0.1) is 0 Å². The Morgan fingerprint density at radius 1 is 1.22 bits per heavy atom. The molecule has 0 atom stereocenters. The number of carbonyl (C=O) groups excluding carboxylic acids is 1. The summed E-state index contributed by atoms with van der Waals surface area (Å²) in [5.74, 6) is 0.378. The molecule has 27 heavy (non-hydrogen) atoms. The molecule has 7 heteroatoms. The van der Waals surface area contributed by atoms with E-state index in [9.17, 15) is 4.79 Å². The summed E-state index contributed by atoms with van der Waals surface area (Å²) < 4.78 is 0.947. The summed E-state index contributed by atoms with van der Waals surface area (Å²) in [4.78, 5) is 21.8. The number of aromatic nitrogens is 1. The van der Waals surface area contributed by atoms with E-state index in [0.29, 0.717) is 5.75 Å². The molecule has 3 rings (SSSR count). The van der Waals surface area contributed by atoms with Gasteiger partial charge in [-0.25, -0.2) is 4.98 Å². The van der Waals surface area contributed by atoms with Gasteiger partial charge in [0.25, 0.3) is 0 Å². The number of benzene rings is 1. The Kier molecular flexibility index (Phi) is 6.44. The first-order chi connectivity index (χ1) is 12.8. The molecule has 2 aromatic rings. The summed E-state index contributed by atoms with van der Waals surface area (Å²) in [6, 6.07) is 8.07. The first-order valence-electron chi connectivity index (χ1n) is 9.24. The predicted molar refractivity (Wildman–Crippen MR) is 116 cm³/mol. The molecule has 1 aromatic heterocycles. The molecule has 0 aliphatic carbocycles. The molecule has 1 aromatic carbocycles. The van der Waals surface area contributed by atoms with Gasteiger partial charge in [0, 0.05) is 37.0 Å². The van der Waals surface area contributed by atoms with Crippen molar-refractivity contribution < 1.29 is 4.79 Å². The first-order valence-corrected chi connectivity index (χ1v) is 11.1. The Bertz CT molecular complexity index is 776. The van der Waals surface area contributed by atoms with Gasteiger partial charge in [0.05, 0.1) is 22.8 Å². The van der Waals surface area contributed by atoms with Gasteiger partial charge >= 0.3 is 0 Å². The van der Waals surface area contributed by atoms with Gasteiger partial charge in [0.1, 0.15) is 0 Å². The monoisotopic (exact) mass is 404 g/mol. The van der Waals surface area contributed by atoms with Gasteiger partial charge in [-0.2, -0.15) is 0 Å². The topological polar surface area (TPSA) is 48.5 Å². The molecule has 146 valence electrons. The lowest BCUT2D eigenvalue weighted by atomic mass is 9.93. The molecular weight excluding hydrogens is 376 g/mol. The number of hydrogen-bond acceptors (Lipinski definition) is 6. The molecule has 0 saturated carbocycles. The third-order valence-corrected chi connectivity index (χ3v) is 6.62. The lowest BCUT2D eigenvalue weighted by Crippen LogP contribution is -2.44. The van der Waals surface area contributed by atoms with Gasteiger partial charge < -0.3 is 15.1 Å². The highest BCUT2D eigenvalue weighted by Gasteiger charge is 2.19. The highest BCUT2D eigenvalue weighted by atomic mass is 32.2. The van der Waals surface area contributed by atoms with Crippen LogP contribution in [0.5, 0.6) is 0 Å². The summed E-state index contributed by atoms with van der Waals surface area (Å²) in [6.07, 6.45) is 0. The zero-order valence-corrected chi connectivity index (χ0v) is 18.1. The Balaban J connectivity index is 1.59. The SMILES string of the molecule is CN1CCN(c2ccccc2NC(=O)CSc2nc(C(C)(C)C)cs2)CC1. The van der Waals surface area contributed by atoms with Crippen LogP contribution < -0.4 is 10.2 Å². The molecule has 0 spiro atoms. The van der Waals surface area contributed by atoms with Crippen LogP contribution in [0.3, 0.4) is 0 Å². The Morgan fingerprint density at radius 3 is 2.59 bits per heavy atom. The summed E-state index contributed by atoms with van der Waals surface area (Å²) in [7, 11) is 2.14. The Hall–Kier alpha value is -1.57. The summed E-state index contributed by atoms with van der Waals surface area (Å²) in [5, 5.41) is 5.17. The number of hydrogen-bond donors (Lipinski definition) is 1. The average molecular weight is 405 g/mol. The van der Waals surface area contributed by atoms with Gasteiger partial charge in [-0.15, -0.1) is 11.3 Å². The minimum atomic E-state index is 0.00841. The van der Waals surface area contributed by atoms with Crippen LogP contribution in [-0.2, 0) is 10.2 Å². The molecule has 0 unspecified atom stereocenters. The van der Waals surface area contributed by atoms with Crippen LogP contribution in [0.2, 0.25) is 0 Å². The van der Waals surface area contributed by atoms with Crippen molar-refractivity contribution in [3.63, 3.8) is 0 Å². The number of anilines is 2. The van der Waals surface area contributed by atoms with Crippen LogP contribution >= 0.6 is 23.1 Å². The number of nitrogens with zero attached hydrogens (tertiary/aromatic N) is 3. The maximum absolute atomic E-state index is 12.5. The second-order valence-corrected chi connectivity index (χ2v) is 9.97. The lowest BCUT2D eigenvalue weighted by molar-refractivity contribution is -0.113. The summed E-state index contributed by atoms with van der Waals surface area (Å²) in [6.45, 7) is 10.5. The van der Waals surface area contributed by atoms with Gasteiger partial charge in [0.15, 0.2) is 4.34 Å². The predicted octanol–water partition coefficient (Wildman–Crippen LogP) is 3.92. The molecule has 1 fully saturated rings. The smallest absolute Gasteiger partial charge is 0.234 e. The lowest BCUT2D eigenvalue weighted by Gasteiger charge is -2.35. The Morgan fingerprint density at radius 2 is 1.93 bits per heavy atom. The molecular formula is C20H28N4OS2. The molecule has 1 aliphatic rings. The van der Waals surface area contributed by atoms with Crippen molar-refractivity contribution in [2.24, 2.45) is 0 Å². The van der Waals surface area contributed by atoms with E-state index in [-0.39, 0.29) is 11.3 Å². The van der Waals surface area contributed by atoms with Crippen LogP contribution in [-0.4, -0.2) is 54.8 Å². The number of thioether (sulfide) groups is 1. The number of carbonyl (C=O) groups is 1. The number of rotatable bonds is 5. The molecule has 1 N–H and O–H groups in total. The zero-order valence-electron chi connectivity index (χ0n) is 16.5. The van der Waals surface area contributed by atoms with Gasteiger partial charge in [-0.1, -0.05) is 44.7 Å². The third-order valence-electron chi connectivity index (χ3n) is 4.60. The normalized spacial score (nSPS) is 15.8. The second-order valence-electron chi connectivity index (χ2n) is 7.89. The fraction of sp³-hybridized carbons (Fsp3) is 0.500. The molecule has 1 saturated heterocycles. The second kappa shape index (κ2) is 8.63. The van der Waals surface area contributed by atoms with E-state index < -0.39 is 0 Å². The van der Waals surface area contributed by atoms with E-state index in [4.69, 9.17) is 0 Å². The van der Waals surface area contributed by atoms with Crippen molar-refractivity contribution in [1.29, 1.82) is 0 Å². The van der Waals surface area contributed by atoms with Crippen molar-refractivity contribution >= 4 is 40.4 Å². The minimum Gasteiger partial charge on any atom is -0.367 e. The van der Waals surface area contributed by atoms with E-state index in [2.05, 4.69) is 59.4 Å². The zero-order chi connectivity index (χ0) is 19.4. The van der Waals surface area contributed by atoms with Gasteiger partial charge in [-0.05, 0) is 19.2 Å². The number of para-hydroxylation sites is 2. The number of piperazine rings is 1. The van der Waals surface area contributed by atoms with Crippen LogP contribution in [0.25, 0.3) is 0 Å². The van der Waals surface area contributed by atoms with Crippen molar-refractivity contribution in [3.8, 4) is 0 Å². The molecule has 1 aliphatic heterocycles. The van der Waals surface area contributed by atoms with Crippen molar-refractivity contribution in [2.45, 2.75) is 30.5 Å². The Labute approximate surface area is 170 Å². The standard InChI is InChI=1S/C20H28N4OS2/c1-20(2,3)17-13-26-19(22-17)27-14-18(25)21-15-7-5-6-8-16(15)24-11-9-23(4)10-12-24/h5-8,13H,9-12,14H2,1-4H3,(H,21,25). The number of nitrogens with one attached hydrogen (secondary N) is 1. The maximum atomic E-state index is 12.5. The fourth-order valence-corrected chi connectivity index (χ4v) is 4.74. The summed E-state index contributed by atoms with van der Waals surface area (Å²) >= 11 is 3.11. The van der Waals surface area contributed by atoms with Crippen molar-refractivity contribution in [3.05, 3.63) is 35.3 Å². The largest absolute Gasteiger partial charge is 0.367 e. The first kappa shape index (κ1) is 20.2. The highest BCUT2D eigenvalue weighted by molar-refractivity contribution is 8.01. The van der Waals surface area contributed by atoms with Crippen molar-refractivity contribution in [2.75, 3.05) is 49.2 Å².